The highest BCUT2D eigenvalue weighted by molar-refractivity contribution is 5.90. The third-order valence-electron chi connectivity index (χ3n) is 3.80. The van der Waals surface area contributed by atoms with Crippen LogP contribution in [0, 0.1) is 5.92 Å². The minimum absolute atomic E-state index is 0.280. The van der Waals surface area contributed by atoms with Gasteiger partial charge >= 0.3 is 5.97 Å². The van der Waals surface area contributed by atoms with Crippen LogP contribution in [0.15, 0.2) is 16.7 Å². The molecule has 0 saturated heterocycles. The highest BCUT2D eigenvalue weighted by Crippen LogP contribution is 2.22. The molecule has 106 valence electrons. The van der Waals surface area contributed by atoms with Gasteiger partial charge in [-0.15, -0.1) is 0 Å². The first-order chi connectivity index (χ1) is 9.31. The van der Waals surface area contributed by atoms with Crippen molar-refractivity contribution in [2.24, 2.45) is 5.92 Å². The van der Waals surface area contributed by atoms with Crippen molar-refractivity contribution in [3.05, 3.63) is 23.7 Å². The number of carbonyl (C=O) groups excluding carboxylic acids is 1. The van der Waals surface area contributed by atoms with Crippen molar-refractivity contribution in [2.45, 2.75) is 45.6 Å². The molecule has 0 atom stereocenters. The first kappa shape index (κ1) is 14.1. The maximum atomic E-state index is 11.7. The quantitative estimate of drug-likeness (QED) is 0.802. The number of ether oxygens (including phenoxy) is 1. The van der Waals surface area contributed by atoms with Gasteiger partial charge in [0.2, 0.25) is 0 Å². The van der Waals surface area contributed by atoms with Gasteiger partial charge in [-0.3, -0.25) is 0 Å². The molecule has 4 nitrogen and oxygen atoms in total. The first-order valence-corrected chi connectivity index (χ1v) is 7.36. The van der Waals surface area contributed by atoms with Gasteiger partial charge in [0.05, 0.1) is 19.4 Å². The van der Waals surface area contributed by atoms with Gasteiger partial charge in [0.1, 0.15) is 12.1 Å². The van der Waals surface area contributed by atoms with Gasteiger partial charge in [0, 0.05) is 5.92 Å². The maximum Gasteiger partial charge on any atom is 0.341 e. The molecule has 0 amide bonds. The number of hydrogen-bond acceptors (Lipinski definition) is 3. The predicted octanol–water partition coefficient (Wildman–Crippen LogP) is 2.10. The van der Waals surface area contributed by atoms with E-state index in [-0.39, 0.29) is 5.97 Å². The molecule has 2 N–H and O–H groups in total. The molecule has 0 bridgehead atoms. The van der Waals surface area contributed by atoms with Crippen LogP contribution in [0.25, 0.3) is 0 Å². The smallest absolute Gasteiger partial charge is 0.341 e. The average Bonchev–Trinajstić information content (AvgIpc) is 2.89. The third kappa shape index (κ3) is 4.10. The number of quaternary nitrogens is 1. The molecular formula is C15H24NO3+. The molecule has 0 unspecified atom stereocenters. The Morgan fingerprint density at radius 3 is 2.95 bits per heavy atom. The van der Waals surface area contributed by atoms with Crippen molar-refractivity contribution in [3.63, 3.8) is 0 Å². The predicted molar refractivity (Wildman–Crippen MR) is 71.7 cm³/mol. The summed E-state index contributed by atoms with van der Waals surface area (Å²) in [6, 6.07) is 1.70. The summed E-state index contributed by atoms with van der Waals surface area (Å²) in [6.07, 6.45) is 8.39. The van der Waals surface area contributed by atoms with Crippen LogP contribution in [-0.2, 0) is 11.3 Å². The van der Waals surface area contributed by atoms with Gasteiger partial charge in [0.15, 0.2) is 5.76 Å². The lowest BCUT2D eigenvalue weighted by Crippen LogP contribution is -2.84. The Labute approximate surface area is 114 Å². The van der Waals surface area contributed by atoms with E-state index in [1.54, 1.807) is 12.3 Å². The molecule has 1 fully saturated rings. The number of nitrogens with two attached hydrogens (primary N) is 1. The summed E-state index contributed by atoms with van der Waals surface area (Å²) in [6.45, 7) is 4.06. The van der Waals surface area contributed by atoms with Gasteiger partial charge in [-0.25, -0.2) is 4.79 Å². The second kappa shape index (κ2) is 7.34. The fourth-order valence-electron chi connectivity index (χ4n) is 2.76. The third-order valence-corrected chi connectivity index (χ3v) is 3.80. The zero-order valence-corrected chi connectivity index (χ0v) is 11.7. The zero-order valence-electron chi connectivity index (χ0n) is 11.7. The largest absolute Gasteiger partial charge is 0.462 e. The van der Waals surface area contributed by atoms with Crippen molar-refractivity contribution in [3.8, 4) is 0 Å². The highest BCUT2D eigenvalue weighted by atomic mass is 16.5. The first-order valence-electron chi connectivity index (χ1n) is 7.36. The molecule has 1 saturated carbocycles. The molecule has 0 radical (unpaired) electrons. The van der Waals surface area contributed by atoms with Crippen molar-refractivity contribution >= 4 is 5.97 Å². The SMILES string of the molecule is CCOC(=O)c1ccoc1C[NH2+]CC1CCCCC1. The van der Waals surface area contributed by atoms with E-state index >= 15 is 0 Å². The monoisotopic (exact) mass is 266 g/mol. The summed E-state index contributed by atoms with van der Waals surface area (Å²) < 4.78 is 10.4. The Hall–Kier alpha value is -1.29. The van der Waals surface area contributed by atoms with Crippen LogP contribution in [0.1, 0.15) is 55.1 Å². The van der Waals surface area contributed by atoms with Gasteiger partial charge in [0.25, 0.3) is 0 Å². The molecule has 0 aliphatic heterocycles. The zero-order chi connectivity index (χ0) is 13.5. The van der Waals surface area contributed by atoms with Crippen LogP contribution in [-0.4, -0.2) is 19.1 Å². The molecule has 0 spiro atoms. The van der Waals surface area contributed by atoms with E-state index in [1.165, 1.54) is 32.1 Å². The van der Waals surface area contributed by atoms with Gasteiger partial charge < -0.3 is 14.5 Å². The van der Waals surface area contributed by atoms with E-state index in [9.17, 15) is 4.79 Å². The van der Waals surface area contributed by atoms with Gasteiger partial charge in [-0.1, -0.05) is 19.3 Å². The summed E-state index contributed by atoms with van der Waals surface area (Å²) in [5.41, 5.74) is 0.571. The van der Waals surface area contributed by atoms with Gasteiger partial charge in [-0.2, -0.15) is 0 Å². The molecule has 4 heteroatoms. The van der Waals surface area contributed by atoms with Crippen LogP contribution in [0.4, 0.5) is 0 Å². The lowest BCUT2D eigenvalue weighted by atomic mass is 9.89. The standard InChI is InChI=1S/C15H23NO3/c1-2-18-15(17)13-8-9-19-14(13)11-16-10-12-6-4-3-5-7-12/h8-9,12,16H,2-7,10-11H2,1H3/p+1. The molecule has 2 rings (SSSR count). The summed E-state index contributed by atoms with van der Waals surface area (Å²) in [5, 5.41) is 2.25. The molecule has 19 heavy (non-hydrogen) atoms. The Kier molecular flexibility index (Phi) is 5.45. The fourth-order valence-corrected chi connectivity index (χ4v) is 2.76. The Morgan fingerprint density at radius 1 is 1.42 bits per heavy atom. The van der Waals surface area contributed by atoms with Crippen LogP contribution in [0.3, 0.4) is 0 Å². The molecule has 1 aliphatic carbocycles. The summed E-state index contributed by atoms with van der Waals surface area (Å²) in [7, 11) is 0. The second-order valence-corrected chi connectivity index (χ2v) is 5.21. The Bertz CT molecular complexity index is 394. The van der Waals surface area contributed by atoms with Crippen LogP contribution in [0.2, 0.25) is 0 Å². The Morgan fingerprint density at radius 2 is 2.21 bits per heavy atom. The van der Waals surface area contributed by atoms with E-state index in [0.717, 1.165) is 24.8 Å². The molecule has 1 aliphatic rings. The minimum atomic E-state index is -0.280. The van der Waals surface area contributed by atoms with E-state index in [1.807, 2.05) is 6.92 Å². The van der Waals surface area contributed by atoms with Crippen molar-refractivity contribution in [1.29, 1.82) is 0 Å². The van der Waals surface area contributed by atoms with Crippen LogP contribution >= 0.6 is 0 Å². The lowest BCUT2D eigenvalue weighted by molar-refractivity contribution is -0.678. The normalized spacial score (nSPS) is 16.5. The number of hydrogen-bond donors (Lipinski definition) is 1. The topological polar surface area (TPSA) is 56.0 Å². The van der Waals surface area contributed by atoms with Crippen LogP contribution < -0.4 is 5.32 Å². The Balaban J connectivity index is 1.79. The number of furan rings is 1. The number of rotatable bonds is 6. The molecule has 1 aromatic rings. The number of esters is 1. The maximum absolute atomic E-state index is 11.7. The molecule has 0 aromatic carbocycles. The van der Waals surface area contributed by atoms with Crippen LogP contribution in [0.5, 0.6) is 0 Å². The highest BCUT2D eigenvalue weighted by Gasteiger charge is 2.19. The fraction of sp³-hybridized carbons (Fsp3) is 0.667. The summed E-state index contributed by atoms with van der Waals surface area (Å²) in [4.78, 5) is 11.7. The van der Waals surface area contributed by atoms with E-state index in [4.69, 9.17) is 9.15 Å². The van der Waals surface area contributed by atoms with E-state index in [2.05, 4.69) is 5.32 Å². The molecule has 1 aromatic heterocycles. The van der Waals surface area contributed by atoms with E-state index in [0.29, 0.717) is 12.2 Å². The molecular weight excluding hydrogens is 242 g/mol. The summed E-state index contributed by atoms with van der Waals surface area (Å²) >= 11 is 0. The average molecular weight is 266 g/mol. The lowest BCUT2D eigenvalue weighted by Gasteiger charge is -2.19. The summed E-state index contributed by atoms with van der Waals surface area (Å²) in [5.74, 6) is 1.28. The van der Waals surface area contributed by atoms with Gasteiger partial charge in [-0.05, 0) is 25.8 Å². The number of carbonyl (C=O) groups is 1. The molecule has 1 heterocycles. The minimum Gasteiger partial charge on any atom is -0.462 e. The second-order valence-electron chi connectivity index (χ2n) is 5.21. The van der Waals surface area contributed by atoms with Crippen molar-refractivity contribution in [1.82, 2.24) is 0 Å². The van der Waals surface area contributed by atoms with Crippen molar-refractivity contribution < 1.29 is 19.3 Å². The van der Waals surface area contributed by atoms with E-state index < -0.39 is 0 Å². The van der Waals surface area contributed by atoms with Crippen molar-refractivity contribution in [2.75, 3.05) is 13.2 Å².